The van der Waals surface area contributed by atoms with E-state index in [-0.39, 0.29) is 17.4 Å². The minimum Gasteiger partial charge on any atom is -0.368 e. The zero-order chi connectivity index (χ0) is 19.6. The number of carbonyl (C=O) groups excluding carboxylic acids is 1. The maximum atomic E-state index is 13.3. The van der Waals surface area contributed by atoms with Crippen LogP contribution in [0.2, 0.25) is 0 Å². The molecule has 1 aromatic heterocycles. The van der Waals surface area contributed by atoms with Crippen LogP contribution >= 0.6 is 0 Å². The molecule has 1 aromatic rings. The number of nitrogen functional groups attached to an aromatic ring is 1. The van der Waals surface area contributed by atoms with Gasteiger partial charge in [-0.3, -0.25) is 9.69 Å². The average molecular weight is 375 g/mol. The van der Waals surface area contributed by atoms with Crippen molar-refractivity contribution in [1.82, 2.24) is 24.7 Å². The molecular weight excluding hydrogens is 340 g/mol. The van der Waals surface area contributed by atoms with E-state index in [4.69, 9.17) is 5.73 Å². The maximum absolute atomic E-state index is 13.3. The Morgan fingerprint density at radius 3 is 2.56 bits per heavy atom. The SMILES string of the molecule is CC(C)Cc1cc(C(=O)N2CCCN(C)C3(CCN(C)CC3)C2)nc(N)n1. The largest absolute Gasteiger partial charge is 0.368 e. The molecule has 0 unspecified atom stereocenters. The first-order valence-corrected chi connectivity index (χ1v) is 10.1. The lowest BCUT2D eigenvalue weighted by molar-refractivity contribution is 0.0314. The molecule has 150 valence electrons. The zero-order valence-electron chi connectivity index (χ0n) is 17.2. The Morgan fingerprint density at radius 2 is 1.89 bits per heavy atom. The summed E-state index contributed by atoms with van der Waals surface area (Å²) in [5.74, 6) is 0.636. The first kappa shape index (κ1) is 20.0. The van der Waals surface area contributed by atoms with E-state index in [1.165, 1.54) is 0 Å². The van der Waals surface area contributed by atoms with Crippen molar-refractivity contribution in [3.05, 3.63) is 17.5 Å². The van der Waals surface area contributed by atoms with E-state index in [0.717, 1.165) is 64.1 Å². The number of anilines is 1. The number of nitrogens with zero attached hydrogens (tertiary/aromatic N) is 5. The van der Waals surface area contributed by atoms with Crippen LogP contribution in [0.3, 0.4) is 0 Å². The Hall–Kier alpha value is -1.73. The summed E-state index contributed by atoms with van der Waals surface area (Å²) in [6.07, 6.45) is 3.97. The van der Waals surface area contributed by atoms with Gasteiger partial charge in [0.25, 0.3) is 5.91 Å². The fourth-order valence-corrected chi connectivity index (χ4v) is 4.35. The molecule has 0 aromatic carbocycles. The van der Waals surface area contributed by atoms with E-state index in [1.807, 2.05) is 11.0 Å². The Balaban J connectivity index is 1.82. The molecule has 2 aliphatic rings. The van der Waals surface area contributed by atoms with E-state index < -0.39 is 0 Å². The summed E-state index contributed by atoms with van der Waals surface area (Å²) in [5, 5.41) is 0. The minimum absolute atomic E-state index is 0.0114. The van der Waals surface area contributed by atoms with Gasteiger partial charge in [0.1, 0.15) is 5.69 Å². The fraction of sp³-hybridized carbons (Fsp3) is 0.750. The van der Waals surface area contributed by atoms with Gasteiger partial charge >= 0.3 is 0 Å². The molecule has 3 heterocycles. The maximum Gasteiger partial charge on any atom is 0.272 e. The van der Waals surface area contributed by atoms with Crippen molar-refractivity contribution in [1.29, 1.82) is 0 Å². The standard InChI is InChI=1S/C20H34N6O/c1-15(2)12-16-13-17(23-19(21)22-16)18(27)26-9-5-8-25(4)20(14-26)6-10-24(3)11-7-20/h13,15H,5-12,14H2,1-4H3,(H2,21,22,23). The molecule has 2 saturated heterocycles. The molecule has 27 heavy (non-hydrogen) atoms. The van der Waals surface area contributed by atoms with Crippen LogP contribution in [-0.4, -0.2) is 82.9 Å². The van der Waals surface area contributed by atoms with Crippen LogP contribution in [0.5, 0.6) is 0 Å². The third-order valence-electron chi connectivity index (χ3n) is 6.05. The summed E-state index contributed by atoms with van der Waals surface area (Å²) in [5.41, 5.74) is 7.25. The van der Waals surface area contributed by atoms with Crippen molar-refractivity contribution in [2.24, 2.45) is 5.92 Å². The summed E-state index contributed by atoms with van der Waals surface area (Å²) in [6.45, 7) is 8.97. The molecule has 1 amide bonds. The summed E-state index contributed by atoms with van der Waals surface area (Å²) < 4.78 is 0. The molecule has 0 bridgehead atoms. The molecule has 2 aliphatic heterocycles. The highest BCUT2D eigenvalue weighted by Crippen LogP contribution is 2.31. The lowest BCUT2D eigenvalue weighted by atomic mass is 9.85. The highest BCUT2D eigenvalue weighted by atomic mass is 16.2. The van der Waals surface area contributed by atoms with Gasteiger partial charge in [-0.2, -0.15) is 0 Å². The summed E-state index contributed by atoms with van der Waals surface area (Å²) in [6, 6.07) is 1.83. The van der Waals surface area contributed by atoms with Crippen molar-refractivity contribution in [2.75, 3.05) is 52.6 Å². The van der Waals surface area contributed by atoms with Gasteiger partial charge in [-0.25, -0.2) is 9.97 Å². The molecule has 0 atom stereocenters. The van der Waals surface area contributed by atoms with E-state index in [9.17, 15) is 4.79 Å². The van der Waals surface area contributed by atoms with E-state index in [2.05, 4.69) is 47.7 Å². The summed E-state index contributed by atoms with van der Waals surface area (Å²) in [4.78, 5) is 28.7. The molecule has 7 heteroatoms. The first-order valence-electron chi connectivity index (χ1n) is 10.1. The van der Waals surface area contributed by atoms with Crippen LogP contribution in [0, 0.1) is 5.92 Å². The van der Waals surface area contributed by atoms with E-state index in [1.54, 1.807) is 0 Å². The number of hydrogen-bond donors (Lipinski definition) is 1. The molecule has 2 fully saturated rings. The second kappa shape index (κ2) is 8.10. The van der Waals surface area contributed by atoms with Gasteiger partial charge in [-0.15, -0.1) is 0 Å². The third kappa shape index (κ3) is 4.58. The number of rotatable bonds is 3. The van der Waals surface area contributed by atoms with Crippen molar-refractivity contribution >= 4 is 11.9 Å². The lowest BCUT2D eigenvalue weighted by Crippen LogP contribution is -2.58. The van der Waals surface area contributed by atoms with Crippen molar-refractivity contribution < 1.29 is 4.79 Å². The number of likely N-dealkylation sites (N-methyl/N-ethyl adjacent to an activating group) is 1. The summed E-state index contributed by atoms with van der Waals surface area (Å²) >= 11 is 0. The molecule has 0 saturated carbocycles. The topological polar surface area (TPSA) is 78.6 Å². The average Bonchev–Trinajstić information content (AvgIpc) is 2.76. The number of piperidine rings is 1. The molecule has 0 radical (unpaired) electrons. The zero-order valence-corrected chi connectivity index (χ0v) is 17.2. The second-order valence-corrected chi connectivity index (χ2v) is 8.73. The van der Waals surface area contributed by atoms with Crippen molar-refractivity contribution in [3.8, 4) is 0 Å². The van der Waals surface area contributed by atoms with E-state index >= 15 is 0 Å². The van der Waals surface area contributed by atoms with Crippen LogP contribution < -0.4 is 5.73 Å². The molecule has 3 rings (SSSR count). The third-order valence-corrected chi connectivity index (χ3v) is 6.05. The van der Waals surface area contributed by atoms with E-state index in [0.29, 0.717) is 11.6 Å². The number of nitrogens with two attached hydrogens (primary N) is 1. The van der Waals surface area contributed by atoms with Crippen LogP contribution in [0.15, 0.2) is 6.07 Å². The monoisotopic (exact) mass is 374 g/mol. The Bertz CT molecular complexity index is 668. The number of amides is 1. The Morgan fingerprint density at radius 1 is 1.19 bits per heavy atom. The fourth-order valence-electron chi connectivity index (χ4n) is 4.35. The number of aromatic nitrogens is 2. The lowest BCUT2D eigenvalue weighted by Gasteiger charge is -2.47. The van der Waals surface area contributed by atoms with Gasteiger partial charge in [0.05, 0.1) is 0 Å². The summed E-state index contributed by atoms with van der Waals surface area (Å²) in [7, 11) is 4.38. The normalized spacial score (nSPS) is 21.6. The molecule has 1 spiro atoms. The van der Waals surface area contributed by atoms with Crippen molar-refractivity contribution in [2.45, 2.75) is 45.1 Å². The first-order chi connectivity index (χ1) is 12.8. The predicted octanol–water partition coefficient (Wildman–Crippen LogP) is 1.50. The second-order valence-electron chi connectivity index (χ2n) is 8.73. The number of likely N-dealkylation sites (tertiary alicyclic amines) is 1. The van der Waals surface area contributed by atoms with Crippen LogP contribution in [0.4, 0.5) is 5.95 Å². The van der Waals surface area contributed by atoms with Crippen LogP contribution in [0.1, 0.15) is 49.3 Å². The smallest absolute Gasteiger partial charge is 0.272 e. The van der Waals surface area contributed by atoms with Crippen LogP contribution in [0.25, 0.3) is 0 Å². The van der Waals surface area contributed by atoms with Gasteiger partial charge in [0, 0.05) is 30.9 Å². The van der Waals surface area contributed by atoms with Crippen LogP contribution in [-0.2, 0) is 6.42 Å². The quantitative estimate of drug-likeness (QED) is 0.864. The molecule has 7 nitrogen and oxygen atoms in total. The van der Waals surface area contributed by atoms with Gasteiger partial charge in [0.15, 0.2) is 0 Å². The molecule has 0 aliphatic carbocycles. The number of carbonyl (C=O) groups is 1. The molecular formula is C20H34N6O. The van der Waals surface area contributed by atoms with Gasteiger partial charge in [-0.05, 0) is 64.9 Å². The highest BCUT2D eigenvalue weighted by molar-refractivity contribution is 5.92. The predicted molar refractivity (Wildman–Crippen MR) is 108 cm³/mol. The van der Waals surface area contributed by atoms with Gasteiger partial charge < -0.3 is 15.5 Å². The Kier molecular flexibility index (Phi) is 6.01. The minimum atomic E-state index is -0.0114. The highest BCUT2D eigenvalue weighted by Gasteiger charge is 2.41. The molecule has 2 N–H and O–H groups in total. The number of hydrogen-bond acceptors (Lipinski definition) is 6. The van der Waals surface area contributed by atoms with Crippen molar-refractivity contribution in [3.63, 3.8) is 0 Å². The van der Waals surface area contributed by atoms with Gasteiger partial charge in [-0.1, -0.05) is 13.8 Å². The van der Waals surface area contributed by atoms with Gasteiger partial charge in [0.2, 0.25) is 5.95 Å². The Labute approximate surface area is 162 Å².